The first kappa shape index (κ1) is 25.5. The number of nitrogens with zero attached hydrogens (tertiary/aromatic N) is 7. The molecule has 4 aromatic rings. The zero-order valence-electron chi connectivity index (χ0n) is 22.4. The normalized spacial score (nSPS) is 15.8. The van der Waals surface area contributed by atoms with Gasteiger partial charge in [-0.05, 0) is 56.5 Å². The van der Waals surface area contributed by atoms with Gasteiger partial charge in [0.2, 0.25) is 5.82 Å². The van der Waals surface area contributed by atoms with Crippen molar-refractivity contribution in [2.24, 2.45) is 0 Å². The average Bonchev–Trinajstić information content (AvgIpc) is 3.48. The molecule has 2 amide bonds. The molecule has 1 aromatic carbocycles. The average molecular weight is 519 g/mol. The highest BCUT2D eigenvalue weighted by Crippen LogP contribution is 2.31. The van der Waals surface area contributed by atoms with Crippen LogP contribution in [-0.4, -0.2) is 76.6 Å². The monoisotopic (exact) mass is 518 g/mol. The summed E-state index contributed by atoms with van der Waals surface area (Å²) in [4.78, 5) is 38.9. The van der Waals surface area contributed by atoms with E-state index in [0.29, 0.717) is 36.8 Å². The molecule has 38 heavy (non-hydrogen) atoms. The Morgan fingerprint density at radius 1 is 1.05 bits per heavy atom. The molecule has 10 nitrogen and oxygen atoms in total. The SMILES string of the molecule is Cc1n[nH]c(C(=O)N2CCN(C(=O)c3cn4nc(-c5ccc(F)cc5)cc(C(C)(C)C)c4n3)C(C)(C)C2)n1. The summed E-state index contributed by atoms with van der Waals surface area (Å²) in [6.07, 6.45) is 1.64. The Hall–Kier alpha value is -4.15. The lowest BCUT2D eigenvalue weighted by Gasteiger charge is -2.46. The van der Waals surface area contributed by atoms with Crippen molar-refractivity contribution < 1.29 is 14.0 Å². The van der Waals surface area contributed by atoms with E-state index < -0.39 is 5.54 Å². The van der Waals surface area contributed by atoms with Gasteiger partial charge in [0.15, 0.2) is 5.65 Å². The van der Waals surface area contributed by atoms with Gasteiger partial charge in [-0.1, -0.05) is 20.8 Å². The van der Waals surface area contributed by atoms with Crippen LogP contribution in [-0.2, 0) is 5.41 Å². The van der Waals surface area contributed by atoms with E-state index in [-0.39, 0.29) is 34.6 Å². The Labute approximate surface area is 219 Å². The summed E-state index contributed by atoms with van der Waals surface area (Å²) in [5, 5.41) is 11.3. The molecule has 0 saturated carbocycles. The Kier molecular flexibility index (Phi) is 6.04. The van der Waals surface area contributed by atoms with E-state index in [0.717, 1.165) is 11.1 Å². The van der Waals surface area contributed by atoms with E-state index in [4.69, 9.17) is 10.1 Å². The van der Waals surface area contributed by atoms with Crippen molar-refractivity contribution in [2.45, 2.75) is 52.5 Å². The summed E-state index contributed by atoms with van der Waals surface area (Å²) in [5.74, 6) is -0.103. The number of carbonyl (C=O) groups excluding carboxylic acids is 2. The largest absolute Gasteiger partial charge is 0.332 e. The highest BCUT2D eigenvalue weighted by Gasteiger charge is 2.40. The zero-order valence-corrected chi connectivity index (χ0v) is 22.4. The van der Waals surface area contributed by atoms with Crippen LogP contribution in [0.25, 0.3) is 16.9 Å². The Morgan fingerprint density at radius 2 is 1.76 bits per heavy atom. The maximum absolute atomic E-state index is 13.7. The predicted molar refractivity (Wildman–Crippen MR) is 139 cm³/mol. The number of halogens is 1. The van der Waals surface area contributed by atoms with Crippen LogP contribution in [0.4, 0.5) is 4.39 Å². The fraction of sp³-hybridized carbons (Fsp3) is 0.407. The first-order valence-electron chi connectivity index (χ1n) is 12.5. The van der Waals surface area contributed by atoms with Gasteiger partial charge in [0.25, 0.3) is 11.8 Å². The summed E-state index contributed by atoms with van der Waals surface area (Å²) in [6, 6.07) is 8.11. The number of carbonyl (C=O) groups is 2. The molecule has 1 aliphatic heterocycles. The molecule has 198 valence electrons. The van der Waals surface area contributed by atoms with Crippen molar-refractivity contribution in [1.82, 2.24) is 39.6 Å². The number of aromatic amines is 1. The van der Waals surface area contributed by atoms with E-state index in [9.17, 15) is 14.0 Å². The van der Waals surface area contributed by atoms with Crippen LogP contribution >= 0.6 is 0 Å². The second-order valence-electron chi connectivity index (χ2n) is 11.3. The van der Waals surface area contributed by atoms with Gasteiger partial charge in [-0.15, -0.1) is 0 Å². The van der Waals surface area contributed by atoms with E-state index in [2.05, 4.69) is 36.0 Å². The summed E-state index contributed by atoms with van der Waals surface area (Å²) < 4.78 is 15.1. The van der Waals surface area contributed by atoms with E-state index in [1.54, 1.807) is 39.6 Å². The number of imidazole rings is 1. The third kappa shape index (κ3) is 4.64. The Balaban J connectivity index is 1.46. The zero-order chi connectivity index (χ0) is 27.4. The second kappa shape index (κ2) is 9.00. The summed E-state index contributed by atoms with van der Waals surface area (Å²) >= 11 is 0. The lowest BCUT2D eigenvalue weighted by Crippen LogP contribution is -2.62. The van der Waals surface area contributed by atoms with Crippen molar-refractivity contribution in [3.8, 4) is 11.3 Å². The van der Waals surface area contributed by atoms with Crippen molar-refractivity contribution >= 4 is 17.5 Å². The maximum Gasteiger partial charge on any atom is 0.291 e. The van der Waals surface area contributed by atoms with Gasteiger partial charge in [-0.2, -0.15) is 10.2 Å². The number of nitrogens with one attached hydrogen (secondary N) is 1. The van der Waals surface area contributed by atoms with Crippen molar-refractivity contribution in [3.63, 3.8) is 0 Å². The molecule has 3 aromatic heterocycles. The number of piperazine rings is 1. The van der Waals surface area contributed by atoms with E-state index >= 15 is 0 Å². The van der Waals surface area contributed by atoms with Crippen molar-refractivity contribution in [1.29, 1.82) is 0 Å². The molecular weight excluding hydrogens is 487 g/mol. The quantitative estimate of drug-likeness (QED) is 0.443. The molecule has 4 heterocycles. The first-order chi connectivity index (χ1) is 17.8. The highest BCUT2D eigenvalue weighted by atomic mass is 19.1. The molecule has 1 saturated heterocycles. The van der Waals surface area contributed by atoms with Gasteiger partial charge in [0.1, 0.15) is 17.3 Å². The summed E-state index contributed by atoms with van der Waals surface area (Å²) in [6.45, 7) is 12.8. The molecule has 5 rings (SSSR count). The molecular formula is C27H31FN8O2. The lowest BCUT2D eigenvalue weighted by molar-refractivity contribution is 0.0160. The third-order valence-corrected chi connectivity index (χ3v) is 6.83. The van der Waals surface area contributed by atoms with Gasteiger partial charge < -0.3 is 9.80 Å². The van der Waals surface area contributed by atoms with Crippen LogP contribution < -0.4 is 0 Å². The lowest BCUT2D eigenvalue weighted by atomic mass is 9.87. The molecule has 11 heteroatoms. The summed E-state index contributed by atoms with van der Waals surface area (Å²) in [5.41, 5.74) is 2.29. The number of rotatable bonds is 3. The molecule has 1 fully saturated rings. The molecule has 0 radical (unpaired) electrons. The van der Waals surface area contributed by atoms with Gasteiger partial charge in [0.05, 0.1) is 17.4 Å². The van der Waals surface area contributed by atoms with E-state index in [1.165, 1.54) is 12.1 Å². The van der Waals surface area contributed by atoms with Gasteiger partial charge in [-0.25, -0.2) is 18.9 Å². The number of H-pyrrole nitrogens is 1. The Morgan fingerprint density at radius 3 is 2.37 bits per heavy atom. The maximum atomic E-state index is 13.7. The van der Waals surface area contributed by atoms with Crippen molar-refractivity contribution in [3.05, 3.63) is 65.3 Å². The van der Waals surface area contributed by atoms with Crippen LogP contribution in [0.2, 0.25) is 0 Å². The molecule has 0 unspecified atom stereocenters. The molecule has 0 atom stereocenters. The Bertz CT molecular complexity index is 1530. The van der Waals surface area contributed by atoms with Crippen LogP contribution in [0.15, 0.2) is 36.5 Å². The van der Waals surface area contributed by atoms with Gasteiger partial charge >= 0.3 is 0 Å². The molecule has 0 aliphatic carbocycles. The molecule has 1 aliphatic rings. The number of benzene rings is 1. The number of fused-ring (bicyclic) bond motifs is 1. The minimum Gasteiger partial charge on any atom is -0.332 e. The minimum absolute atomic E-state index is 0.191. The second-order valence-corrected chi connectivity index (χ2v) is 11.3. The third-order valence-electron chi connectivity index (χ3n) is 6.83. The van der Waals surface area contributed by atoms with Crippen LogP contribution in [0.5, 0.6) is 0 Å². The number of amides is 2. The van der Waals surface area contributed by atoms with Crippen LogP contribution in [0.3, 0.4) is 0 Å². The standard InChI is InChI=1S/C27H31FN8O2/c1-16-29-22(32-31-16)25(38)34-11-12-35(27(5,6)15-34)24(37)21-14-36-23(30-21)19(26(2,3)4)13-20(33-36)17-7-9-18(28)10-8-17/h7-10,13-14H,11-12,15H2,1-6H3,(H,29,31,32). The van der Waals surface area contributed by atoms with Gasteiger partial charge in [-0.3, -0.25) is 14.7 Å². The van der Waals surface area contributed by atoms with Crippen LogP contribution in [0, 0.1) is 12.7 Å². The molecule has 0 bridgehead atoms. The number of aryl methyl sites for hydroxylation is 1. The van der Waals surface area contributed by atoms with Crippen LogP contribution in [0.1, 0.15) is 67.1 Å². The van der Waals surface area contributed by atoms with E-state index in [1.807, 2.05) is 19.9 Å². The fourth-order valence-corrected chi connectivity index (χ4v) is 4.83. The molecule has 1 N–H and O–H groups in total. The topological polar surface area (TPSA) is 112 Å². The number of hydrogen-bond acceptors (Lipinski definition) is 6. The minimum atomic E-state index is -0.643. The highest BCUT2D eigenvalue weighted by molar-refractivity contribution is 5.94. The fourth-order valence-electron chi connectivity index (χ4n) is 4.83. The summed E-state index contributed by atoms with van der Waals surface area (Å²) in [7, 11) is 0. The smallest absolute Gasteiger partial charge is 0.291 e. The first-order valence-corrected chi connectivity index (χ1v) is 12.5. The van der Waals surface area contributed by atoms with Crippen molar-refractivity contribution in [2.75, 3.05) is 19.6 Å². The number of aromatic nitrogens is 6. The predicted octanol–water partition coefficient (Wildman–Crippen LogP) is 3.64. The molecule has 0 spiro atoms. The number of hydrogen-bond donors (Lipinski definition) is 1. The van der Waals surface area contributed by atoms with Gasteiger partial charge in [0, 0.05) is 30.8 Å².